The molecule has 0 aliphatic carbocycles. The number of hydrogen-bond acceptors (Lipinski definition) is 9. The predicted octanol–water partition coefficient (Wildman–Crippen LogP) is -1.20. The highest BCUT2D eigenvalue weighted by Gasteiger charge is 2.28. The first-order valence-corrected chi connectivity index (χ1v) is 12.2. The number of primary amides is 2. The van der Waals surface area contributed by atoms with Gasteiger partial charge in [-0.05, 0) is 32.3 Å². The zero-order chi connectivity index (χ0) is 28.0. The summed E-state index contributed by atoms with van der Waals surface area (Å²) in [5.74, 6) is -2.98. The molecule has 0 aliphatic rings. The molecule has 0 saturated heterocycles. The smallest absolute Gasteiger partial charge is 0.239 e. The molecule has 0 fully saturated rings. The van der Waals surface area contributed by atoms with Crippen molar-refractivity contribution in [1.29, 1.82) is 0 Å². The summed E-state index contributed by atoms with van der Waals surface area (Å²) >= 11 is 0. The van der Waals surface area contributed by atoms with Crippen molar-refractivity contribution in [2.75, 3.05) is 6.54 Å². The summed E-state index contributed by atoms with van der Waals surface area (Å²) < 4.78 is 0. The van der Waals surface area contributed by atoms with E-state index in [9.17, 15) is 28.8 Å². The molecule has 0 aliphatic heterocycles. The molecule has 0 unspecified atom stereocenters. The van der Waals surface area contributed by atoms with Gasteiger partial charge in [0, 0.05) is 12.8 Å². The molecule has 0 radical (unpaired) electrons. The Morgan fingerprint density at radius 2 is 1.49 bits per heavy atom. The number of nitrogens with two attached hydrogens (primary N) is 2. The summed E-state index contributed by atoms with van der Waals surface area (Å²) in [6, 6.07) is 5.66. The lowest BCUT2D eigenvalue weighted by Gasteiger charge is -2.25. The van der Waals surface area contributed by atoms with Crippen LogP contribution in [0.25, 0.3) is 0 Å². The molecule has 0 bridgehead atoms. The van der Waals surface area contributed by atoms with Gasteiger partial charge in [-0.25, -0.2) is 10.9 Å². The lowest BCUT2D eigenvalue weighted by molar-refractivity contribution is -0.131. The van der Waals surface area contributed by atoms with Crippen LogP contribution in [0.2, 0.25) is 0 Å². The summed E-state index contributed by atoms with van der Waals surface area (Å²) in [4.78, 5) is 72.6. The number of hydrogen-bond donors (Lipinski definition) is 6. The second-order valence-electron chi connectivity index (χ2n) is 8.82. The van der Waals surface area contributed by atoms with Crippen LogP contribution in [0.3, 0.4) is 0 Å². The maximum absolute atomic E-state index is 13.1. The number of carbonyl (C=O) groups is 6. The maximum atomic E-state index is 13.1. The Labute approximate surface area is 216 Å². The highest BCUT2D eigenvalue weighted by molar-refractivity contribution is 5.95. The first kappa shape index (κ1) is 31.5. The molecule has 1 aromatic rings. The number of Topliss-reactive ketones (excluding diaryl/α,β-unsaturated/α-hetero) is 3. The summed E-state index contributed by atoms with van der Waals surface area (Å²) in [5.41, 5.74) is 17.0. The van der Waals surface area contributed by atoms with Crippen molar-refractivity contribution >= 4 is 35.1 Å². The quantitative estimate of drug-likeness (QED) is 0.122. The van der Waals surface area contributed by atoms with E-state index in [0.29, 0.717) is 6.42 Å². The molecule has 12 nitrogen and oxygen atoms in total. The van der Waals surface area contributed by atoms with Crippen LogP contribution in [-0.4, -0.2) is 65.8 Å². The number of rotatable bonds is 19. The Hall–Kier alpha value is -3.48. The van der Waals surface area contributed by atoms with Gasteiger partial charge in [0.2, 0.25) is 17.7 Å². The van der Waals surface area contributed by atoms with Crippen LogP contribution in [0.4, 0.5) is 0 Å². The maximum Gasteiger partial charge on any atom is 0.239 e. The average molecular weight is 519 g/mol. The SMILES string of the molecule is CCC(=O)[C@H](C)NCC(=O)[C@H](CC(N)=O)NC(=O)[C@H](CCC(N)=O)NN[C@@H](Cc1ccccc1)C(C)=O. The van der Waals surface area contributed by atoms with Gasteiger partial charge in [-0.2, -0.15) is 0 Å². The number of ketones is 3. The topological polar surface area (TPSA) is 203 Å². The molecule has 0 saturated carbocycles. The third-order valence-corrected chi connectivity index (χ3v) is 5.73. The fourth-order valence-corrected chi connectivity index (χ4v) is 3.42. The molecule has 204 valence electrons. The van der Waals surface area contributed by atoms with Crippen molar-refractivity contribution < 1.29 is 28.8 Å². The van der Waals surface area contributed by atoms with Gasteiger partial charge in [0.25, 0.3) is 0 Å². The minimum absolute atomic E-state index is 0.0398. The minimum atomic E-state index is -1.26. The zero-order valence-electron chi connectivity index (χ0n) is 21.5. The van der Waals surface area contributed by atoms with Gasteiger partial charge in [-0.1, -0.05) is 37.3 Å². The van der Waals surface area contributed by atoms with Gasteiger partial charge in [0.05, 0.1) is 31.1 Å². The predicted molar refractivity (Wildman–Crippen MR) is 137 cm³/mol. The summed E-state index contributed by atoms with van der Waals surface area (Å²) in [7, 11) is 0. The van der Waals surface area contributed by atoms with Gasteiger partial charge < -0.3 is 22.1 Å². The molecule has 8 N–H and O–H groups in total. The van der Waals surface area contributed by atoms with E-state index in [1.165, 1.54) is 6.92 Å². The number of nitrogens with one attached hydrogen (secondary N) is 4. The van der Waals surface area contributed by atoms with Gasteiger partial charge in [-0.15, -0.1) is 0 Å². The highest BCUT2D eigenvalue weighted by atomic mass is 16.2. The number of hydrazine groups is 1. The first-order valence-electron chi connectivity index (χ1n) is 12.2. The monoisotopic (exact) mass is 518 g/mol. The van der Waals surface area contributed by atoms with E-state index in [0.717, 1.165) is 5.56 Å². The van der Waals surface area contributed by atoms with E-state index >= 15 is 0 Å². The highest BCUT2D eigenvalue weighted by Crippen LogP contribution is 2.05. The van der Waals surface area contributed by atoms with E-state index in [-0.39, 0.29) is 37.4 Å². The van der Waals surface area contributed by atoms with Gasteiger partial charge in [0.1, 0.15) is 17.6 Å². The third kappa shape index (κ3) is 12.4. The standard InChI is InChI=1S/C25H38N6O6/c1-4-21(33)15(2)28-14-22(34)20(13-24(27)36)29-25(37)18(10-11-23(26)35)30-31-19(16(3)32)12-17-8-6-5-7-9-17/h5-9,15,18-20,28,30-31H,4,10-14H2,1-3H3,(H2,26,35)(H2,27,36)(H,29,37)/t15-,18-,19-,20-/m0/s1. The van der Waals surface area contributed by atoms with Crippen LogP contribution in [0.15, 0.2) is 30.3 Å². The van der Waals surface area contributed by atoms with Crippen molar-refractivity contribution in [2.45, 2.75) is 77.0 Å². The number of benzene rings is 1. The average Bonchev–Trinajstić information content (AvgIpc) is 2.85. The Morgan fingerprint density at radius 1 is 0.865 bits per heavy atom. The molecule has 12 heteroatoms. The third-order valence-electron chi connectivity index (χ3n) is 5.73. The molecule has 0 heterocycles. The van der Waals surface area contributed by atoms with E-state index in [4.69, 9.17) is 11.5 Å². The number of amides is 3. The van der Waals surface area contributed by atoms with E-state index in [2.05, 4.69) is 21.5 Å². The van der Waals surface area contributed by atoms with Crippen LogP contribution in [-0.2, 0) is 35.2 Å². The van der Waals surface area contributed by atoms with Gasteiger partial charge in [0.15, 0.2) is 5.78 Å². The van der Waals surface area contributed by atoms with Gasteiger partial charge in [-0.3, -0.25) is 28.8 Å². The molecule has 1 rings (SSSR count). The second-order valence-corrected chi connectivity index (χ2v) is 8.82. The van der Waals surface area contributed by atoms with Crippen LogP contribution >= 0.6 is 0 Å². The Balaban J connectivity index is 2.93. The van der Waals surface area contributed by atoms with Gasteiger partial charge >= 0.3 is 0 Å². The Kier molecular flexibility index (Phi) is 13.9. The molecule has 0 aromatic heterocycles. The van der Waals surface area contributed by atoms with E-state index < -0.39 is 54.1 Å². The molecule has 4 atom stereocenters. The largest absolute Gasteiger partial charge is 0.370 e. The summed E-state index contributed by atoms with van der Waals surface area (Å²) in [5, 5.41) is 5.26. The Morgan fingerprint density at radius 3 is 2.03 bits per heavy atom. The fourth-order valence-electron chi connectivity index (χ4n) is 3.42. The van der Waals surface area contributed by atoms with Crippen molar-refractivity contribution in [3.05, 3.63) is 35.9 Å². The molecule has 3 amide bonds. The van der Waals surface area contributed by atoms with Crippen molar-refractivity contribution in [3.63, 3.8) is 0 Å². The molecule has 0 spiro atoms. The normalized spacial score (nSPS) is 14.1. The lowest BCUT2D eigenvalue weighted by Crippen LogP contribution is -2.58. The van der Waals surface area contributed by atoms with Crippen LogP contribution in [0, 0.1) is 0 Å². The first-order chi connectivity index (χ1) is 17.4. The van der Waals surface area contributed by atoms with Crippen molar-refractivity contribution in [2.24, 2.45) is 11.5 Å². The molecule has 1 aromatic carbocycles. The van der Waals surface area contributed by atoms with E-state index in [1.807, 2.05) is 30.3 Å². The summed E-state index contributed by atoms with van der Waals surface area (Å²) in [6.45, 7) is 4.44. The lowest BCUT2D eigenvalue weighted by atomic mass is 10.0. The second kappa shape index (κ2) is 16.3. The van der Waals surface area contributed by atoms with Crippen molar-refractivity contribution in [3.8, 4) is 0 Å². The minimum Gasteiger partial charge on any atom is -0.370 e. The van der Waals surface area contributed by atoms with Crippen LogP contribution < -0.4 is 33.0 Å². The zero-order valence-corrected chi connectivity index (χ0v) is 21.5. The molecular weight excluding hydrogens is 480 g/mol. The van der Waals surface area contributed by atoms with E-state index in [1.54, 1.807) is 13.8 Å². The summed E-state index contributed by atoms with van der Waals surface area (Å²) in [6.07, 6.45) is -0.0148. The Bertz CT molecular complexity index is 954. The van der Waals surface area contributed by atoms with Crippen molar-refractivity contribution in [1.82, 2.24) is 21.5 Å². The number of carbonyl (C=O) groups excluding carboxylic acids is 6. The molecular formula is C25H38N6O6. The van der Waals surface area contributed by atoms with Crippen LogP contribution in [0.5, 0.6) is 0 Å². The van der Waals surface area contributed by atoms with Crippen LogP contribution in [0.1, 0.15) is 52.0 Å². The molecule has 37 heavy (non-hydrogen) atoms. The fraction of sp³-hybridized carbons (Fsp3) is 0.520.